The molecule has 0 unspecified atom stereocenters. The number of piperidine rings is 1. The molecular weight excluding hydrogens is 434 g/mol. The number of nitrogens with one attached hydrogen (secondary N) is 1. The lowest BCUT2D eigenvalue weighted by Crippen LogP contribution is -2.47. The Labute approximate surface area is 188 Å². The van der Waals surface area contributed by atoms with Crippen LogP contribution in [0.4, 0.5) is 8.78 Å². The second kappa shape index (κ2) is 7.34. The molecule has 1 aliphatic heterocycles. The first-order valence-corrected chi connectivity index (χ1v) is 10.6. The molecule has 5 rings (SSSR count). The normalized spacial score (nSPS) is 25.7. The molecular formula is C24H22F2N2O5. The van der Waals surface area contributed by atoms with Crippen LogP contribution in [0.15, 0.2) is 42.5 Å². The monoisotopic (exact) mass is 456 g/mol. The van der Waals surface area contributed by atoms with E-state index in [0.717, 1.165) is 0 Å². The predicted octanol–water partition coefficient (Wildman–Crippen LogP) is 2.63. The molecule has 0 aromatic heterocycles. The number of hydrogen-bond acceptors (Lipinski definition) is 4. The number of aliphatic carboxylic acids is 1. The smallest absolute Gasteiger partial charge is 0.326 e. The lowest BCUT2D eigenvalue weighted by molar-refractivity contribution is -0.149. The molecule has 2 N–H and O–H groups in total. The third-order valence-corrected chi connectivity index (χ3v) is 7.00. The van der Waals surface area contributed by atoms with Gasteiger partial charge >= 0.3 is 5.97 Å². The van der Waals surface area contributed by atoms with Gasteiger partial charge in [-0.3, -0.25) is 9.59 Å². The van der Waals surface area contributed by atoms with Gasteiger partial charge in [-0.2, -0.15) is 8.78 Å². The number of fused-ring (bicyclic) bond motifs is 4. The third kappa shape index (κ3) is 3.21. The molecule has 0 radical (unpaired) electrons. The molecule has 33 heavy (non-hydrogen) atoms. The van der Waals surface area contributed by atoms with Crippen molar-refractivity contribution in [2.24, 2.45) is 5.41 Å². The van der Waals surface area contributed by atoms with E-state index in [-0.39, 0.29) is 40.3 Å². The van der Waals surface area contributed by atoms with E-state index < -0.39 is 29.7 Å². The van der Waals surface area contributed by atoms with Crippen LogP contribution in [0, 0.1) is 5.41 Å². The lowest BCUT2D eigenvalue weighted by Gasteiger charge is -2.24. The number of alkyl halides is 2. The first kappa shape index (κ1) is 21.5. The largest absolute Gasteiger partial charge is 0.480 e. The lowest BCUT2D eigenvalue weighted by atomic mass is 10.0. The third-order valence-electron chi connectivity index (χ3n) is 7.00. The molecule has 1 saturated heterocycles. The SMILES string of the molecule is COC[C@@]12C[C@@H]1N(C(=O)CNC(=O)c1ccc3c(c1)-c1ccccc1C3(F)F)[C@H](C(=O)O)C2. The fourth-order valence-electron chi connectivity index (χ4n) is 5.36. The maximum Gasteiger partial charge on any atom is 0.326 e. The summed E-state index contributed by atoms with van der Waals surface area (Å²) in [5.41, 5.74) is 0.183. The highest BCUT2D eigenvalue weighted by Crippen LogP contribution is 2.59. The molecule has 0 spiro atoms. The zero-order valence-electron chi connectivity index (χ0n) is 17.8. The Balaban J connectivity index is 1.31. The van der Waals surface area contributed by atoms with Crippen molar-refractivity contribution in [2.75, 3.05) is 20.3 Å². The summed E-state index contributed by atoms with van der Waals surface area (Å²) in [5, 5.41) is 12.1. The van der Waals surface area contributed by atoms with Gasteiger partial charge in [-0.15, -0.1) is 0 Å². The van der Waals surface area contributed by atoms with Crippen molar-refractivity contribution < 1.29 is 33.0 Å². The number of nitrogens with zero attached hydrogens (tertiary/aromatic N) is 1. The second-order valence-corrected chi connectivity index (χ2v) is 8.94. The summed E-state index contributed by atoms with van der Waals surface area (Å²) in [6.07, 6.45) is 0.988. The average Bonchev–Trinajstić information content (AvgIpc) is 3.31. The van der Waals surface area contributed by atoms with Crippen LogP contribution in [0.1, 0.15) is 34.3 Å². The Kier molecular flexibility index (Phi) is 4.79. The average molecular weight is 456 g/mol. The minimum atomic E-state index is -3.14. The van der Waals surface area contributed by atoms with E-state index in [1.54, 1.807) is 18.2 Å². The molecule has 2 aromatic carbocycles. The number of carbonyl (C=O) groups is 3. The van der Waals surface area contributed by atoms with Crippen LogP contribution >= 0.6 is 0 Å². The molecule has 172 valence electrons. The maximum absolute atomic E-state index is 14.7. The molecule has 1 heterocycles. The van der Waals surface area contributed by atoms with Gasteiger partial charge in [0.2, 0.25) is 5.91 Å². The van der Waals surface area contributed by atoms with Crippen molar-refractivity contribution in [1.82, 2.24) is 10.2 Å². The predicted molar refractivity (Wildman–Crippen MR) is 113 cm³/mol. The second-order valence-electron chi connectivity index (χ2n) is 8.94. The van der Waals surface area contributed by atoms with E-state index in [4.69, 9.17) is 4.74 Å². The van der Waals surface area contributed by atoms with Gasteiger partial charge in [-0.25, -0.2) is 4.79 Å². The number of halogens is 2. The van der Waals surface area contributed by atoms with Gasteiger partial charge in [0.25, 0.3) is 11.8 Å². The summed E-state index contributed by atoms with van der Waals surface area (Å²) in [4.78, 5) is 38.5. The minimum Gasteiger partial charge on any atom is -0.480 e. The fraction of sp³-hybridized carbons (Fsp3) is 0.375. The Morgan fingerprint density at radius 1 is 1.12 bits per heavy atom. The number of carbonyl (C=O) groups excluding carboxylic acids is 2. The minimum absolute atomic E-state index is 0.106. The van der Waals surface area contributed by atoms with E-state index in [0.29, 0.717) is 25.0 Å². The van der Waals surface area contributed by atoms with Crippen LogP contribution in [0.25, 0.3) is 11.1 Å². The van der Waals surface area contributed by atoms with Crippen molar-refractivity contribution >= 4 is 17.8 Å². The van der Waals surface area contributed by atoms with Crippen molar-refractivity contribution in [3.05, 3.63) is 59.2 Å². The van der Waals surface area contributed by atoms with Gasteiger partial charge in [0.05, 0.1) is 13.2 Å². The first-order chi connectivity index (χ1) is 15.7. The highest BCUT2D eigenvalue weighted by atomic mass is 19.3. The van der Waals surface area contributed by atoms with Crippen LogP contribution in [0.3, 0.4) is 0 Å². The summed E-state index contributed by atoms with van der Waals surface area (Å²) in [6.45, 7) is -0.00910. The Hall–Kier alpha value is -3.33. The van der Waals surface area contributed by atoms with Gasteiger partial charge in [0.1, 0.15) is 6.04 Å². The summed E-state index contributed by atoms with van der Waals surface area (Å²) in [6, 6.07) is 8.91. The van der Waals surface area contributed by atoms with Crippen LogP contribution in [-0.4, -0.2) is 60.1 Å². The number of carboxylic acid groups (broad SMARTS) is 1. The summed E-state index contributed by atoms with van der Waals surface area (Å²) < 4.78 is 34.6. The molecule has 2 aromatic rings. The standard InChI is InChI=1S/C24H22F2N2O5/c1-33-12-23-9-18(22(31)32)28(19(23)10-23)20(29)11-27-21(30)13-6-7-17-15(8-13)14-4-2-3-5-16(14)24(17,25)26/h2-8,18-19H,9-12H2,1H3,(H,27,30)(H,31,32)/t18-,19-,23+/m0/s1. The number of amides is 2. The topological polar surface area (TPSA) is 95.9 Å². The number of rotatable bonds is 6. The highest BCUT2D eigenvalue weighted by Gasteiger charge is 2.67. The Bertz CT molecular complexity index is 1180. The Morgan fingerprint density at radius 2 is 1.85 bits per heavy atom. The molecule has 3 atom stereocenters. The van der Waals surface area contributed by atoms with Crippen molar-refractivity contribution in [3.8, 4) is 11.1 Å². The zero-order valence-corrected chi connectivity index (χ0v) is 17.8. The van der Waals surface area contributed by atoms with E-state index >= 15 is 0 Å². The van der Waals surface area contributed by atoms with Gasteiger partial charge in [0.15, 0.2) is 0 Å². The summed E-state index contributed by atoms with van der Waals surface area (Å²) in [7, 11) is 1.54. The molecule has 2 amide bonds. The fourth-order valence-corrected chi connectivity index (χ4v) is 5.36. The van der Waals surface area contributed by atoms with E-state index in [1.165, 1.54) is 36.3 Å². The first-order valence-electron chi connectivity index (χ1n) is 10.6. The van der Waals surface area contributed by atoms with Crippen molar-refractivity contribution in [3.63, 3.8) is 0 Å². The van der Waals surface area contributed by atoms with E-state index in [9.17, 15) is 28.3 Å². The van der Waals surface area contributed by atoms with Gasteiger partial charge < -0.3 is 20.1 Å². The quantitative estimate of drug-likeness (QED) is 0.697. The number of methoxy groups -OCH3 is 1. The summed E-state index contributed by atoms with van der Waals surface area (Å²) in [5.74, 6) is -5.31. The molecule has 2 aliphatic carbocycles. The van der Waals surface area contributed by atoms with E-state index in [1.807, 2.05) is 0 Å². The number of hydrogen-bond donors (Lipinski definition) is 2. The molecule has 0 bridgehead atoms. The van der Waals surface area contributed by atoms with E-state index in [2.05, 4.69) is 5.32 Å². The molecule has 2 fully saturated rings. The number of carboxylic acids is 1. The maximum atomic E-state index is 14.7. The van der Waals surface area contributed by atoms with Crippen molar-refractivity contribution in [2.45, 2.75) is 30.8 Å². The number of ether oxygens (including phenoxy) is 1. The molecule has 7 nitrogen and oxygen atoms in total. The van der Waals surface area contributed by atoms with Crippen LogP contribution < -0.4 is 5.32 Å². The molecule has 1 saturated carbocycles. The van der Waals surface area contributed by atoms with Crippen LogP contribution in [0.2, 0.25) is 0 Å². The van der Waals surface area contributed by atoms with Gasteiger partial charge in [-0.1, -0.05) is 30.3 Å². The van der Waals surface area contributed by atoms with Crippen LogP contribution in [-0.2, 0) is 20.2 Å². The molecule has 3 aliphatic rings. The van der Waals surface area contributed by atoms with Gasteiger partial charge in [-0.05, 0) is 36.1 Å². The zero-order chi connectivity index (χ0) is 23.5. The Morgan fingerprint density at radius 3 is 2.58 bits per heavy atom. The molecule has 9 heteroatoms. The highest BCUT2D eigenvalue weighted by molar-refractivity contribution is 5.99. The van der Waals surface area contributed by atoms with Gasteiger partial charge in [0, 0.05) is 35.3 Å². The number of likely N-dealkylation sites (tertiary alicyclic amines) is 1. The number of benzene rings is 2. The van der Waals surface area contributed by atoms with Crippen molar-refractivity contribution in [1.29, 1.82) is 0 Å². The summed E-state index contributed by atoms with van der Waals surface area (Å²) >= 11 is 0. The van der Waals surface area contributed by atoms with Crippen LogP contribution in [0.5, 0.6) is 0 Å².